The van der Waals surface area contributed by atoms with Gasteiger partial charge < -0.3 is 5.32 Å². The third-order valence-electron chi connectivity index (χ3n) is 4.78. The third-order valence-corrected chi connectivity index (χ3v) is 7.28. The number of nitrogens with zero attached hydrogens (tertiary/aromatic N) is 2. The van der Waals surface area contributed by atoms with Gasteiger partial charge in [-0.1, -0.05) is 36.4 Å². The SMILES string of the molecule is O=C(CN1CCN(S(=O)(=O)/C=C/c2ccccc2)CC1)NC(=O)NCCc1cccs1. The van der Waals surface area contributed by atoms with Gasteiger partial charge in [-0.3, -0.25) is 15.0 Å². The van der Waals surface area contributed by atoms with E-state index in [1.54, 1.807) is 17.4 Å². The van der Waals surface area contributed by atoms with Crippen LogP contribution in [0.25, 0.3) is 6.08 Å². The predicted octanol–water partition coefficient (Wildman–Crippen LogP) is 1.73. The molecule has 1 saturated heterocycles. The van der Waals surface area contributed by atoms with Crippen molar-refractivity contribution in [3.05, 3.63) is 63.7 Å². The molecule has 166 valence electrons. The molecule has 0 radical (unpaired) electrons. The summed E-state index contributed by atoms with van der Waals surface area (Å²) in [5.74, 6) is -0.408. The van der Waals surface area contributed by atoms with Gasteiger partial charge in [0.05, 0.1) is 6.54 Å². The van der Waals surface area contributed by atoms with Crippen molar-refractivity contribution in [3.63, 3.8) is 0 Å². The van der Waals surface area contributed by atoms with Crippen molar-refractivity contribution >= 4 is 39.4 Å². The molecule has 8 nitrogen and oxygen atoms in total. The Morgan fingerprint density at radius 2 is 1.77 bits per heavy atom. The van der Waals surface area contributed by atoms with Crippen LogP contribution >= 0.6 is 11.3 Å². The first-order valence-corrected chi connectivity index (χ1v) is 12.4. The Labute approximate surface area is 186 Å². The van der Waals surface area contributed by atoms with Crippen LogP contribution in [0, 0.1) is 0 Å². The van der Waals surface area contributed by atoms with Crippen molar-refractivity contribution in [1.82, 2.24) is 19.8 Å². The summed E-state index contributed by atoms with van der Waals surface area (Å²) in [4.78, 5) is 26.9. The standard InChI is InChI=1S/C21H26N4O4S2/c26-20(23-21(27)22-10-8-19-7-4-15-30-19)17-24-11-13-25(14-12-24)31(28,29)16-9-18-5-2-1-3-6-18/h1-7,9,15-16H,8,10-14,17H2,(H2,22,23,26,27)/b16-9+. The van der Waals surface area contributed by atoms with Gasteiger partial charge in [-0.05, 0) is 29.5 Å². The van der Waals surface area contributed by atoms with Crippen molar-refractivity contribution in [2.75, 3.05) is 39.3 Å². The Morgan fingerprint density at radius 3 is 2.45 bits per heavy atom. The Morgan fingerprint density at radius 1 is 1.03 bits per heavy atom. The highest BCUT2D eigenvalue weighted by molar-refractivity contribution is 7.92. The van der Waals surface area contributed by atoms with Crippen LogP contribution in [0.15, 0.2) is 53.3 Å². The average molecular weight is 463 g/mol. The number of thiophene rings is 1. The van der Waals surface area contributed by atoms with Gasteiger partial charge >= 0.3 is 6.03 Å². The second-order valence-electron chi connectivity index (χ2n) is 7.07. The summed E-state index contributed by atoms with van der Waals surface area (Å²) in [6.07, 6.45) is 2.29. The number of nitrogens with one attached hydrogen (secondary N) is 2. The predicted molar refractivity (Wildman–Crippen MR) is 122 cm³/mol. The Balaban J connectivity index is 1.37. The van der Waals surface area contributed by atoms with Crippen LogP contribution in [0.1, 0.15) is 10.4 Å². The number of benzene rings is 1. The summed E-state index contributed by atoms with van der Waals surface area (Å²) >= 11 is 1.62. The number of piperazine rings is 1. The van der Waals surface area contributed by atoms with E-state index in [0.29, 0.717) is 39.1 Å². The molecule has 2 heterocycles. The molecule has 1 aliphatic rings. The molecule has 0 saturated carbocycles. The summed E-state index contributed by atoms with van der Waals surface area (Å²) < 4.78 is 26.4. The maximum Gasteiger partial charge on any atom is 0.321 e. The highest BCUT2D eigenvalue weighted by Crippen LogP contribution is 2.11. The lowest BCUT2D eigenvalue weighted by Gasteiger charge is -2.32. The molecular formula is C21H26N4O4S2. The van der Waals surface area contributed by atoms with E-state index in [1.165, 1.54) is 9.71 Å². The first-order chi connectivity index (χ1) is 14.9. The van der Waals surface area contributed by atoms with Crippen molar-refractivity contribution in [3.8, 4) is 0 Å². The van der Waals surface area contributed by atoms with Gasteiger partial charge in [-0.15, -0.1) is 11.3 Å². The van der Waals surface area contributed by atoms with Crippen LogP contribution in [0.2, 0.25) is 0 Å². The number of urea groups is 1. The molecule has 31 heavy (non-hydrogen) atoms. The maximum atomic E-state index is 12.5. The number of amides is 3. The fourth-order valence-electron chi connectivity index (χ4n) is 3.12. The second-order valence-corrected chi connectivity index (χ2v) is 9.92. The molecule has 0 spiro atoms. The van der Waals surface area contributed by atoms with Gasteiger partial charge in [-0.2, -0.15) is 4.31 Å². The number of rotatable bonds is 8. The summed E-state index contributed by atoms with van der Waals surface area (Å²) in [6.45, 7) is 1.93. The van der Waals surface area contributed by atoms with E-state index in [-0.39, 0.29) is 6.54 Å². The monoisotopic (exact) mass is 462 g/mol. The third kappa shape index (κ3) is 7.59. The van der Waals surface area contributed by atoms with Crippen molar-refractivity contribution in [2.45, 2.75) is 6.42 Å². The minimum absolute atomic E-state index is 0.0477. The van der Waals surface area contributed by atoms with E-state index in [9.17, 15) is 18.0 Å². The molecule has 2 N–H and O–H groups in total. The maximum absolute atomic E-state index is 12.5. The molecule has 10 heteroatoms. The summed E-state index contributed by atoms with van der Waals surface area (Å²) in [5.41, 5.74) is 0.815. The highest BCUT2D eigenvalue weighted by atomic mass is 32.2. The molecule has 0 atom stereocenters. The van der Waals surface area contributed by atoms with E-state index in [1.807, 2.05) is 52.7 Å². The molecule has 3 amide bonds. The Kier molecular flexibility index (Phi) is 8.35. The quantitative estimate of drug-likeness (QED) is 0.623. The molecule has 1 aromatic carbocycles. The van der Waals surface area contributed by atoms with Gasteiger partial charge in [0.1, 0.15) is 0 Å². The molecule has 1 fully saturated rings. The molecule has 1 aromatic heterocycles. The molecule has 0 bridgehead atoms. The smallest absolute Gasteiger partial charge is 0.321 e. The number of carbonyl (C=O) groups excluding carboxylic acids is 2. The number of hydrogen-bond acceptors (Lipinski definition) is 6. The van der Waals surface area contributed by atoms with E-state index >= 15 is 0 Å². The van der Waals surface area contributed by atoms with Crippen LogP contribution in [-0.4, -0.2) is 68.8 Å². The lowest BCUT2D eigenvalue weighted by Crippen LogP contribution is -2.52. The average Bonchev–Trinajstić information content (AvgIpc) is 3.27. The molecular weight excluding hydrogens is 436 g/mol. The van der Waals surface area contributed by atoms with Crippen molar-refractivity contribution < 1.29 is 18.0 Å². The van der Waals surface area contributed by atoms with Gasteiger partial charge in [-0.25, -0.2) is 13.2 Å². The van der Waals surface area contributed by atoms with Crippen LogP contribution in [-0.2, 0) is 21.2 Å². The van der Waals surface area contributed by atoms with Crippen molar-refractivity contribution in [1.29, 1.82) is 0 Å². The number of imide groups is 1. The molecule has 3 rings (SSSR count). The summed E-state index contributed by atoms with van der Waals surface area (Å²) in [6, 6.07) is 12.7. The number of hydrogen-bond donors (Lipinski definition) is 2. The van der Waals surface area contributed by atoms with E-state index < -0.39 is 22.0 Å². The molecule has 0 unspecified atom stereocenters. The molecule has 2 aromatic rings. The van der Waals surface area contributed by atoms with Crippen LogP contribution < -0.4 is 10.6 Å². The van der Waals surface area contributed by atoms with Gasteiger partial charge in [0.25, 0.3) is 0 Å². The lowest BCUT2D eigenvalue weighted by molar-refractivity contribution is -0.121. The largest absolute Gasteiger partial charge is 0.337 e. The minimum Gasteiger partial charge on any atom is -0.337 e. The fourth-order valence-corrected chi connectivity index (χ4v) is 5.01. The van der Waals surface area contributed by atoms with Crippen LogP contribution in [0.4, 0.5) is 4.79 Å². The Hall–Kier alpha value is -2.53. The van der Waals surface area contributed by atoms with Gasteiger partial charge in [0, 0.05) is 43.0 Å². The normalized spacial score (nSPS) is 15.7. The van der Waals surface area contributed by atoms with E-state index in [0.717, 1.165) is 10.4 Å². The summed E-state index contributed by atoms with van der Waals surface area (Å²) in [5, 5.41) is 8.17. The number of carbonyl (C=O) groups is 2. The first kappa shape index (κ1) is 23.1. The topological polar surface area (TPSA) is 98.8 Å². The minimum atomic E-state index is -3.52. The van der Waals surface area contributed by atoms with Crippen molar-refractivity contribution in [2.24, 2.45) is 0 Å². The summed E-state index contributed by atoms with van der Waals surface area (Å²) in [7, 11) is -3.52. The van der Waals surface area contributed by atoms with Gasteiger partial charge in [0.15, 0.2) is 0 Å². The number of sulfonamides is 1. The first-order valence-electron chi connectivity index (χ1n) is 9.98. The molecule has 1 aliphatic heterocycles. The fraction of sp³-hybridized carbons (Fsp3) is 0.333. The second kappa shape index (κ2) is 11.2. The van der Waals surface area contributed by atoms with E-state index in [2.05, 4.69) is 10.6 Å². The van der Waals surface area contributed by atoms with E-state index in [4.69, 9.17) is 0 Å². The van der Waals surface area contributed by atoms with Crippen LogP contribution in [0.3, 0.4) is 0 Å². The van der Waals surface area contributed by atoms with Gasteiger partial charge in [0.2, 0.25) is 15.9 Å². The lowest BCUT2D eigenvalue weighted by atomic mass is 10.2. The zero-order chi connectivity index (χ0) is 22.1. The zero-order valence-electron chi connectivity index (χ0n) is 17.1. The van der Waals surface area contributed by atoms with Crippen LogP contribution in [0.5, 0.6) is 0 Å². The highest BCUT2D eigenvalue weighted by Gasteiger charge is 2.26. The zero-order valence-corrected chi connectivity index (χ0v) is 18.7. The molecule has 0 aliphatic carbocycles. The Bertz CT molecular complexity index is 984.